The molecule has 3 nitrogen and oxygen atoms in total. The molecule has 0 aliphatic heterocycles. The molecule has 0 rings (SSSR count). The molecule has 0 fully saturated rings. The van der Waals surface area contributed by atoms with E-state index in [-0.39, 0.29) is 5.91 Å². The molecule has 0 unspecified atom stereocenters. The zero-order chi connectivity index (χ0) is 11.7. The van der Waals surface area contributed by atoms with Crippen LogP contribution in [0.2, 0.25) is 0 Å². The standard InChI is InChI=1S/C12H24N2O/c1-5-6-7-8-9-12(15)14-13-11(4)10(2)3/h10H,5-9H2,1-4H3,(H,14,15). The Bertz CT molecular complexity index is 210. The third-order valence-electron chi connectivity index (χ3n) is 2.45. The Morgan fingerprint density at radius 1 is 1.27 bits per heavy atom. The van der Waals surface area contributed by atoms with E-state index in [1.165, 1.54) is 12.8 Å². The van der Waals surface area contributed by atoms with Crippen LogP contribution >= 0.6 is 0 Å². The lowest BCUT2D eigenvalue weighted by Gasteiger charge is -2.04. The predicted molar refractivity (Wildman–Crippen MR) is 64.8 cm³/mol. The number of carbonyl (C=O) groups is 1. The molecule has 1 N–H and O–H groups in total. The monoisotopic (exact) mass is 212 g/mol. The minimum Gasteiger partial charge on any atom is -0.273 e. The van der Waals surface area contributed by atoms with Gasteiger partial charge in [0.2, 0.25) is 5.91 Å². The summed E-state index contributed by atoms with van der Waals surface area (Å²) >= 11 is 0. The third-order valence-corrected chi connectivity index (χ3v) is 2.45. The van der Waals surface area contributed by atoms with Crippen LogP contribution in [0, 0.1) is 5.92 Å². The van der Waals surface area contributed by atoms with Gasteiger partial charge in [-0.3, -0.25) is 4.79 Å². The van der Waals surface area contributed by atoms with Gasteiger partial charge in [-0.05, 0) is 19.3 Å². The van der Waals surface area contributed by atoms with Gasteiger partial charge in [0.25, 0.3) is 0 Å². The van der Waals surface area contributed by atoms with Crippen molar-refractivity contribution in [3.05, 3.63) is 0 Å². The van der Waals surface area contributed by atoms with Crippen molar-refractivity contribution >= 4 is 11.6 Å². The van der Waals surface area contributed by atoms with Gasteiger partial charge < -0.3 is 0 Å². The van der Waals surface area contributed by atoms with Crippen molar-refractivity contribution in [1.82, 2.24) is 5.43 Å². The molecule has 0 aromatic carbocycles. The zero-order valence-electron chi connectivity index (χ0n) is 10.5. The van der Waals surface area contributed by atoms with Crippen molar-refractivity contribution in [2.75, 3.05) is 0 Å². The van der Waals surface area contributed by atoms with Crippen molar-refractivity contribution in [1.29, 1.82) is 0 Å². The molecule has 0 spiro atoms. The molecular formula is C12H24N2O. The van der Waals surface area contributed by atoms with E-state index in [1.807, 2.05) is 6.92 Å². The second-order valence-electron chi connectivity index (χ2n) is 4.25. The molecule has 0 aliphatic rings. The maximum atomic E-state index is 11.3. The van der Waals surface area contributed by atoms with Gasteiger partial charge in [-0.1, -0.05) is 40.0 Å². The number of nitrogens with zero attached hydrogens (tertiary/aromatic N) is 1. The Labute approximate surface area is 93.3 Å². The first-order chi connectivity index (χ1) is 7.07. The molecule has 0 saturated carbocycles. The lowest BCUT2D eigenvalue weighted by molar-refractivity contribution is -0.121. The highest BCUT2D eigenvalue weighted by atomic mass is 16.2. The zero-order valence-corrected chi connectivity index (χ0v) is 10.5. The van der Waals surface area contributed by atoms with Crippen molar-refractivity contribution in [2.45, 2.75) is 59.8 Å². The number of rotatable bonds is 7. The minimum atomic E-state index is 0.0334. The van der Waals surface area contributed by atoms with Crippen LogP contribution in [0.3, 0.4) is 0 Å². The van der Waals surface area contributed by atoms with E-state index in [9.17, 15) is 4.79 Å². The SMILES string of the molecule is CCCCCCC(=O)NN=C(C)C(C)C. The molecule has 0 atom stereocenters. The molecule has 0 aromatic rings. The van der Waals surface area contributed by atoms with Gasteiger partial charge in [-0.2, -0.15) is 5.10 Å². The molecule has 0 heterocycles. The van der Waals surface area contributed by atoms with Crippen molar-refractivity contribution < 1.29 is 4.79 Å². The lowest BCUT2D eigenvalue weighted by Crippen LogP contribution is -2.19. The molecule has 1 amide bonds. The van der Waals surface area contributed by atoms with E-state index in [4.69, 9.17) is 0 Å². The maximum absolute atomic E-state index is 11.3. The summed E-state index contributed by atoms with van der Waals surface area (Å²) in [4.78, 5) is 11.3. The number of hydrazone groups is 1. The Morgan fingerprint density at radius 2 is 1.93 bits per heavy atom. The maximum Gasteiger partial charge on any atom is 0.240 e. The van der Waals surface area contributed by atoms with Gasteiger partial charge in [0.1, 0.15) is 0 Å². The lowest BCUT2D eigenvalue weighted by atomic mass is 10.1. The Hall–Kier alpha value is -0.860. The molecule has 15 heavy (non-hydrogen) atoms. The largest absolute Gasteiger partial charge is 0.273 e. The number of hydrogen-bond acceptors (Lipinski definition) is 2. The Morgan fingerprint density at radius 3 is 2.47 bits per heavy atom. The topological polar surface area (TPSA) is 41.5 Å². The summed E-state index contributed by atoms with van der Waals surface area (Å²) < 4.78 is 0. The minimum absolute atomic E-state index is 0.0334. The Balaban J connectivity index is 3.61. The average molecular weight is 212 g/mol. The van der Waals surface area contributed by atoms with E-state index in [0.29, 0.717) is 12.3 Å². The summed E-state index contributed by atoms with van der Waals surface area (Å²) in [5.74, 6) is 0.427. The van der Waals surface area contributed by atoms with Crippen molar-refractivity contribution in [2.24, 2.45) is 11.0 Å². The van der Waals surface area contributed by atoms with Gasteiger partial charge in [-0.15, -0.1) is 0 Å². The van der Waals surface area contributed by atoms with Crippen molar-refractivity contribution in [3.63, 3.8) is 0 Å². The summed E-state index contributed by atoms with van der Waals surface area (Å²) in [6.07, 6.45) is 5.11. The van der Waals surface area contributed by atoms with E-state index in [2.05, 4.69) is 31.3 Å². The van der Waals surface area contributed by atoms with Crippen LogP contribution in [-0.2, 0) is 4.79 Å². The number of carbonyl (C=O) groups excluding carboxylic acids is 1. The summed E-state index contributed by atoms with van der Waals surface area (Å²) in [7, 11) is 0. The molecular weight excluding hydrogens is 188 g/mol. The third kappa shape index (κ3) is 8.16. The van der Waals surface area contributed by atoms with Crippen LogP contribution in [0.25, 0.3) is 0 Å². The molecule has 0 bridgehead atoms. The van der Waals surface area contributed by atoms with Gasteiger partial charge in [-0.25, -0.2) is 5.43 Å². The van der Waals surface area contributed by atoms with Crippen LogP contribution in [0.4, 0.5) is 0 Å². The highest BCUT2D eigenvalue weighted by molar-refractivity contribution is 5.85. The quantitative estimate of drug-likeness (QED) is 0.393. The molecule has 0 radical (unpaired) electrons. The number of unbranched alkanes of at least 4 members (excludes halogenated alkanes) is 3. The van der Waals surface area contributed by atoms with E-state index in [1.54, 1.807) is 0 Å². The summed E-state index contributed by atoms with van der Waals surface area (Å²) in [6.45, 7) is 8.22. The van der Waals surface area contributed by atoms with Crippen LogP contribution in [0.5, 0.6) is 0 Å². The van der Waals surface area contributed by atoms with Gasteiger partial charge in [0, 0.05) is 12.1 Å². The average Bonchev–Trinajstić information content (AvgIpc) is 2.20. The summed E-state index contributed by atoms with van der Waals surface area (Å²) in [5, 5.41) is 4.04. The first-order valence-corrected chi connectivity index (χ1v) is 5.91. The summed E-state index contributed by atoms with van der Waals surface area (Å²) in [5.41, 5.74) is 3.56. The first kappa shape index (κ1) is 14.1. The summed E-state index contributed by atoms with van der Waals surface area (Å²) in [6, 6.07) is 0. The van der Waals surface area contributed by atoms with E-state index >= 15 is 0 Å². The number of amides is 1. The van der Waals surface area contributed by atoms with Crippen LogP contribution in [0.15, 0.2) is 5.10 Å². The van der Waals surface area contributed by atoms with Gasteiger partial charge in [0.05, 0.1) is 0 Å². The second kappa shape index (κ2) is 8.45. The smallest absolute Gasteiger partial charge is 0.240 e. The number of hydrogen-bond donors (Lipinski definition) is 1. The molecule has 0 aromatic heterocycles. The van der Waals surface area contributed by atoms with E-state index in [0.717, 1.165) is 18.6 Å². The fourth-order valence-electron chi connectivity index (χ4n) is 1.05. The molecule has 88 valence electrons. The van der Waals surface area contributed by atoms with Crippen LogP contribution < -0.4 is 5.43 Å². The second-order valence-corrected chi connectivity index (χ2v) is 4.25. The molecule has 0 aliphatic carbocycles. The molecule has 3 heteroatoms. The van der Waals surface area contributed by atoms with Crippen LogP contribution in [-0.4, -0.2) is 11.6 Å². The first-order valence-electron chi connectivity index (χ1n) is 5.91. The van der Waals surface area contributed by atoms with Gasteiger partial charge in [0.15, 0.2) is 0 Å². The Kier molecular flexibility index (Phi) is 7.96. The molecule has 0 saturated heterocycles. The fraction of sp³-hybridized carbons (Fsp3) is 0.833. The normalized spacial score (nSPS) is 11.9. The highest BCUT2D eigenvalue weighted by Crippen LogP contribution is 2.02. The van der Waals surface area contributed by atoms with Crippen LogP contribution in [0.1, 0.15) is 59.8 Å². The number of nitrogens with one attached hydrogen (secondary N) is 1. The van der Waals surface area contributed by atoms with Gasteiger partial charge >= 0.3 is 0 Å². The van der Waals surface area contributed by atoms with E-state index < -0.39 is 0 Å². The van der Waals surface area contributed by atoms with Crippen molar-refractivity contribution in [3.8, 4) is 0 Å². The predicted octanol–water partition coefficient (Wildman–Crippen LogP) is 3.10. The highest BCUT2D eigenvalue weighted by Gasteiger charge is 2.01. The fourth-order valence-corrected chi connectivity index (χ4v) is 1.05.